The van der Waals surface area contributed by atoms with Crippen LogP contribution >= 0.6 is 0 Å². The van der Waals surface area contributed by atoms with Gasteiger partial charge in [-0.1, -0.05) is 45.0 Å². The molecule has 0 fully saturated rings. The lowest BCUT2D eigenvalue weighted by molar-refractivity contribution is 0.102. The lowest BCUT2D eigenvalue weighted by Gasteiger charge is -2.19. The lowest BCUT2D eigenvalue weighted by atomic mass is 9.87. The summed E-state index contributed by atoms with van der Waals surface area (Å²) in [5.41, 5.74) is 3.64. The van der Waals surface area contributed by atoms with E-state index in [-0.39, 0.29) is 11.3 Å². The molecule has 0 aliphatic rings. The van der Waals surface area contributed by atoms with Crippen LogP contribution in [0.4, 0.5) is 17.2 Å². The number of carbonyl (C=O) groups excluding carboxylic acids is 1. The predicted molar refractivity (Wildman–Crippen MR) is 112 cm³/mol. The van der Waals surface area contributed by atoms with Crippen LogP contribution in [0.3, 0.4) is 0 Å². The van der Waals surface area contributed by atoms with Crippen molar-refractivity contribution in [3.63, 3.8) is 0 Å². The number of aromatic nitrogens is 1. The van der Waals surface area contributed by atoms with Crippen LogP contribution in [0.15, 0.2) is 66.9 Å². The molecular formula is C23H22N4O. The van der Waals surface area contributed by atoms with Gasteiger partial charge in [0.05, 0.1) is 11.3 Å². The highest BCUT2D eigenvalue weighted by Gasteiger charge is 2.14. The largest absolute Gasteiger partial charge is 0.339 e. The fraction of sp³-hybridized carbons (Fsp3) is 0.174. The van der Waals surface area contributed by atoms with Gasteiger partial charge >= 0.3 is 0 Å². The molecule has 2 N–H and O–H groups in total. The quantitative estimate of drug-likeness (QED) is 0.658. The first kappa shape index (κ1) is 19.1. The van der Waals surface area contributed by atoms with Gasteiger partial charge < -0.3 is 10.6 Å². The van der Waals surface area contributed by atoms with Gasteiger partial charge in [0.2, 0.25) is 0 Å². The molecule has 0 aliphatic carbocycles. The Hall–Kier alpha value is -3.65. The zero-order valence-corrected chi connectivity index (χ0v) is 16.2. The highest BCUT2D eigenvalue weighted by Crippen LogP contribution is 2.24. The summed E-state index contributed by atoms with van der Waals surface area (Å²) in [5, 5.41) is 15.2. The highest BCUT2D eigenvalue weighted by molar-refractivity contribution is 6.04. The average molecular weight is 370 g/mol. The number of pyridine rings is 1. The third-order valence-corrected chi connectivity index (χ3v) is 4.34. The molecule has 0 bridgehead atoms. The SMILES string of the molecule is CC(C)(C)c1ccc(NC(=O)c2ccnc(Nc3ccccc3C#N)c2)cc1. The third-order valence-electron chi connectivity index (χ3n) is 4.34. The van der Waals surface area contributed by atoms with Gasteiger partial charge in [-0.3, -0.25) is 4.79 Å². The van der Waals surface area contributed by atoms with Crippen LogP contribution in [-0.4, -0.2) is 10.9 Å². The maximum atomic E-state index is 12.6. The van der Waals surface area contributed by atoms with Gasteiger partial charge in [-0.25, -0.2) is 4.98 Å². The first-order valence-corrected chi connectivity index (χ1v) is 9.01. The summed E-state index contributed by atoms with van der Waals surface area (Å²) in [6.45, 7) is 6.45. The Morgan fingerprint density at radius 2 is 1.75 bits per heavy atom. The van der Waals surface area contributed by atoms with Gasteiger partial charge in [0.15, 0.2) is 0 Å². The fourth-order valence-electron chi connectivity index (χ4n) is 2.72. The summed E-state index contributed by atoms with van der Waals surface area (Å²) in [6.07, 6.45) is 1.56. The molecule has 0 saturated heterocycles. The van der Waals surface area contributed by atoms with Crippen molar-refractivity contribution >= 4 is 23.1 Å². The van der Waals surface area contributed by atoms with Crippen LogP contribution in [0, 0.1) is 11.3 Å². The van der Waals surface area contributed by atoms with E-state index in [2.05, 4.69) is 42.5 Å². The predicted octanol–water partition coefficient (Wildman–Crippen LogP) is 5.25. The van der Waals surface area contributed by atoms with Gasteiger partial charge in [0.25, 0.3) is 5.91 Å². The molecule has 3 rings (SSSR count). The number of nitrogens with zero attached hydrogens (tertiary/aromatic N) is 2. The van der Waals surface area contributed by atoms with E-state index in [0.29, 0.717) is 22.6 Å². The van der Waals surface area contributed by atoms with Crippen LogP contribution in [0.1, 0.15) is 42.3 Å². The first-order chi connectivity index (χ1) is 13.4. The Morgan fingerprint density at radius 3 is 2.43 bits per heavy atom. The molecule has 5 heteroatoms. The first-order valence-electron chi connectivity index (χ1n) is 9.01. The molecule has 28 heavy (non-hydrogen) atoms. The number of carbonyl (C=O) groups is 1. The molecule has 1 heterocycles. The van der Waals surface area contributed by atoms with Crippen molar-refractivity contribution in [3.05, 3.63) is 83.6 Å². The fourth-order valence-corrected chi connectivity index (χ4v) is 2.72. The van der Waals surface area contributed by atoms with E-state index in [4.69, 9.17) is 0 Å². The van der Waals surface area contributed by atoms with E-state index in [0.717, 1.165) is 5.69 Å². The van der Waals surface area contributed by atoms with Gasteiger partial charge in [-0.15, -0.1) is 0 Å². The van der Waals surface area contributed by atoms with E-state index in [1.807, 2.05) is 30.3 Å². The Bertz CT molecular complexity index is 1030. The molecule has 0 aliphatic heterocycles. The summed E-state index contributed by atoms with van der Waals surface area (Å²) in [7, 11) is 0. The van der Waals surface area contributed by atoms with Crippen LogP contribution in [0.5, 0.6) is 0 Å². The zero-order valence-electron chi connectivity index (χ0n) is 16.2. The summed E-state index contributed by atoms with van der Waals surface area (Å²) in [5.74, 6) is 0.279. The van der Waals surface area contributed by atoms with Crippen molar-refractivity contribution in [2.45, 2.75) is 26.2 Å². The Morgan fingerprint density at radius 1 is 1.04 bits per heavy atom. The van der Waals surface area contributed by atoms with Crippen molar-refractivity contribution in [2.75, 3.05) is 10.6 Å². The summed E-state index contributed by atoms with van der Waals surface area (Å²) < 4.78 is 0. The second-order valence-electron chi connectivity index (χ2n) is 7.49. The van der Waals surface area contributed by atoms with Crippen LogP contribution in [-0.2, 0) is 5.41 Å². The van der Waals surface area contributed by atoms with E-state index >= 15 is 0 Å². The minimum Gasteiger partial charge on any atom is -0.339 e. The van der Waals surface area contributed by atoms with Crippen LogP contribution < -0.4 is 10.6 Å². The van der Waals surface area contributed by atoms with Crippen LogP contribution in [0.2, 0.25) is 0 Å². The van der Waals surface area contributed by atoms with Crippen molar-refractivity contribution in [3.8, 4) is 6.07 Å². The number of hydrogen-bond acceptors (Lipinski definition) is 4. The molecule has 0 saturated carbocycles. The van der Waals surface area contributed by atoms with Gasteiger partial charge in [0, 0.05) is 17.4 Å². The van der Waals surface area contributed by atoms with Gasteiger partial charge in [0.1, 0.15) is 11.9 Å². The monoisotopic (exact) mass is 370 g/mol. The maximum Gasteiger partial charge on any atom is 0.255 e. The molecule has 1 aromatic heterocycles. The van der Waals surface area contributed by atoms with E-state index in [1.165, 1.54) is 5.56 Å². The van der Waals surface area contributed by atoms with Gasteiger partial charge in [-0.2, -0.15) is 5.26 Å². The van der Waals surface area contributed by atoms with Crippen LogP contribution in [0.25, 0.3) is 0 Å². The molecule has 140 valence electrons. The molecule has 5 nitrogen and oxygen atoms in total. The number of nitrogens with one attached hydrogen (secondary N) is 2. The molecule has 3 aromatic rings. The topological polar surface area (TPSA) is 77.8 Å². The molecule has 0 radical (unpaired) electrons. The number of amides is 1. The molecule has 0 spiro atoms. The molecule has 0 atom stereocenters. The minimum atomic E-state index is -0.220. The van der Waals surface area contributed by atoms with Gasteiger partial charge in [-0.05, 0) is 47.4 Å². The number of hydrogen-bond donors (Lipinski definition) is 2. The van der Waals surface area contributed by atoms with E-state index in [9.17, 15) is 10.1 Å². The normalized spacial score (nSPS) is 10.8. The Balaban J connectivity index is 1.74. The van der Waals surface area contributed by atoms with E-state index in [1.54, 1.807) is 36.5 Å². The number of benzene rings is 2. The minimum absolute atomic E-state index is 0.0634. The van der Waals surface area contributed by atoms with Crippen molar-refractivity contribution in [2.24, 2.45) is 0 Å². The Labute approximate surface area is 165 Å². The van der Waals surface area contributed by atoms with Crippen molar-refractivity contribution < 1.29 is 4.79 Å². The van der Waals surface area contributed by atoms with Crippen molar-refractivity contribution in [1.29, 1.82) is 5.26 Å². The highest BCUT2D eigenvalue weighted by atomic mass is 16.1. The average Bonchev–Trinajstić information content (AvgIpc) is 2.68. The third kappa shape index (κ3) is 4.54. The Kier molecular flexibility index (Phi) is 5.42. The summed E-state index contributed by atoms with van der Waals surface area (Å²) in [6, 6.07) is 20.4. The number of rotatable bonds is 4. The second-order valence-corrected chi connectivity index (χ2v) is 7.49. The molecule has 0 unspecified atom stereocenters. The lowest BCUT2D eigenvalue weighted by Crippen LogP contribution is -2.14. The number of para-hydroxylation sites is 1. The smallest absolute Gasteiger partial charge is 0.255 e. The standard InChI is InChI=1S/C23H22N4O/c1-23(2,3)18-8-10-19(11-9-18)26-22(28)16-12-13-25-21(14-16)27-20-7-5-4-6-17(20)15-24/h4-14H,1-3H3,(H,25,27)(H,26,28). The maximum absolute atomic E-state index is 12.6. The number of anilines is 3. The zero-order chi connectivity index (χ0) is 20.1. The van der Waals surface area contributed by atoms with Crippen molar-refractivity contribution in [1.82, 2.24) is 4.98 Å². The summed E-state index contributed by atoms with van der Waals surface area (Å²) in [4.78, 5) is 16.8. The summed E-state index contributed by atoms with van der Waals surface area (Å²) >= 11 is 0. The second kappa shape index (κ2) is 7.93. The number of nitriles is 1. The molecule has 1 amide bonds. The molecular weight excluding hydrogens is 348 g/mol. The van der Waals surface area contributed by atoms with E-state index < -0.39 is 0 Å². The molecule has 2 aromatic carbocycles.